The number of amides is 2. The van der Waals surface area contributed by atoms with Crippen molar-refractivity contribution in [3.63, 3.8) is 0 Å². The molecule has 1 saturated heterocycles. The van der Waals surface area contributed by atoms with E-state index in [1.807, 2.05) is 18.2 Å². The Labute approximate surface area is 179 Å². The van der Waals surface area contributed by atoms with E-state index in [9.17, 15) is 9.59 Å². The number of aromatic nitrogens is 2. The summed E-state index contributed by atoms with van der Waals surface area (Å²) in [5.74, 6) is 0.589. The number of benzene rings is 1. The molecule has 162 valence electrons. The van der Waals surface area contributed by atoms with Crippen LogP contribution in [0.3, 0.4) is 0 Å². The molecule has 3 N–H and O–H groups in total. The van der Waals surface area contributed by atoms with Gasteiger partial charge in [-0.2, -0.15) is 5.10 Å². The van der Waals surface area contributed by atoms with Gasteiger partial charge in [0.2, 0.25) is 0 Å². The zero-order valence-electron chi connectivity index (χ0n) is 16.9. The first-order valence-corrected chi connectivity index (χ1v) is 10.2. The van der Waals surface area contributed by atoms with Crippen LogP contribution in [0.2, 0.25) is 0 Å². The van der Waals surface area contributed by atoms with Crippen molar-refractivity contribution < 1.29 is 23.5 Å². The van der Waals surface area contributed by atoms with Crippen molar-refractivity contribution in [2.45, 2.75) is 25.5 Å². The fourth-order valence-corrected chi connectivity index (χ4v) is 3.28. The second-order valence-corrected chi connectivity index (χ2v) is 7.16. The maximum atomic E-state index is 12.4. The number of ether oxygens (including phenoxy) is 2. The van der Waals surface area contributed by atoms with E-state index in [-0.39, 0.29) is 36.8 Å². The minimum atomic E-state index is -0.335. The Morgan fingerprint density at radius 2 is 2.10 bits per heavy atom. The molecule has 1 atom stereocenters. The summed E-state index contributed by atoms with van der Waals surface area (Å²) in [7, 11) is 0. The van der Waals surface area contributed by atoms with Crippen molar-refractivity contribution in [2.24, 2.45) is 0 Å². The molecule has 9 nitrogen and oxygen atoms in total. The summed E-state index contributed by atoms with van der Waals surface area (Å²) in [5.41, 5.74) is 1.62. The summed E-state index contributed by atoms with van der Waals surface area (Å²) in [6.07, 6.45) is 3.62. The molecule has 0 spiro atoms. The van der Waals surface area contributed by atoms with E-state index in [1.165, 1.54) is 0 Å². The molecule has 0 unspecified atom stereocenters. The molecule has 0 bridgehead atoms. The van der Waals surface area contributed by atoms with E-state index in [0.29, 0.717) is 23.7 Å². The summed E-state index contributed by atoms with van der Waals surface area (Å²) in [6.45, 7) is 1.36. The highest BCUT2D eigenvalue weighted by Gasteiger charge is 2.17. The second-order valence-electron chi connectivity index (χ2n) is 7.16. The highest BCUT2D eigenvalue weighted by Crippen LogP contribution is 2.19. The first-order valence-electron chi connectivity index (χ1n) is 10.2. The normalized spacial score (nSPS) is 15.5. The minimum Gasteiger partial charge on any atom is -0.483 e. The smallest absolute Gasteiger partial charge is 0.272 e. The van der Waals surface area contributed by atoms with E-state index in [2.05, 4.69) is 20.8 Å². The lowest BCUT2D eigenvalue weighted by molar-refractivity contribution is -0.123. The number of hydrogen-bond acceptors (Lipinski definition) is 6. The predicted octanol–water partition coefficient (Wildman–Crippen LogP) is 2.27. The predicted molar refractivity (Wildman–Crippen MR) is 111 cm³/mol. The number of furan rings is 1. The monoisotopic (exact) mass is 424 g/mol. The van der Waals surface area contributed by atoms with Gasteiger partial charge < -0.3 is 24.5 Å². The van der Waals surface area contributed by atoms with Crippen LogP contribution in [0.4, 0.5) is 0 Å². The number of nitrogens with one attached hydrogen (secondary N) is 3. The number of carbonyl (C=O) groups excluding carboxylic acids is 2. The Hall–Kier alpha value is -3.59. The number of hydrogen-bond donors (Lipinski definition) is 3. The van der Waals surface area contributed by atoms with E-state index in [4.69, 9.17) is 13.9 Å². The summed E-state index contributed by atoms with van der Waals surface area (Å²) in [6, 6.07) is 12.4. The number of aromatic amines is 1. The first kappa shape index (κ1) is 20.7. The molecule has 9 heteroatoms. The van der Waals surface area contributed by atoms with Gasteiger partial charge in [0, 0.05) is 31.3 Å². The van der Waals surface area contributed by atoms with Crippen LogP contribution in [0, 0.1) is 0 Å². The van der Waals surface area contributed by atoms with Gasteiger partial charge in [0.05, 0.1) is 12.4 Å². The van der Waals surface area contributed by atoms with Crippen LogP contribution in [0.1, 0.15) is 28.9 Å². The minimum absolute atomic E-state index is 0.0850. The lowest BCUT2D eigenvalue weighted by Gasteiger charge is -2.13. The van der Waals surface area contributed by atoms with Crippen molar-refractivity contribution in [1.82, 2.24) is 20.8 Å². The summed E-state index contributed by atoms with van der Waals surface area (Å²) >= 11 is 0. The van der Waals surface area contributed by atoms with Gasteiger partial charge in [-0.25, -0.2) is 0 Å². The van der Waals surface area contributed by atoms with Crippen LogP contribution in [0.25, 0.3) is 11.5 Å². The molecule has 0 saturated carbocycles. The Bertz CT molecular complexity index is 1010. The molecule has 4 rings (SSSR count). The van der Waals surface area contributed by atoms with Gasteiger partial charge in [0.15, 0.2) is 18.1 Å². The van der Waals surface area contributed by atoms with Crippen molar-refractivity contribution in [2.75, 3.05) is 19.8 Å². The highest BCUT2D eigenvalue weighted by atomic mass is 16.5. The van der Waals surface area contributed by atoms with Gasteiger partial charge >= 0.3 is 0 Å². The Morgan fingerprint density at radius 1 is 1.19 bits per heavy atom. The summed E-state index contributed by atoms with van der Waals surface area (Å²) in [5, 5.41) is 12.4. The molecule has 2 aromatic heterocycles. The molecule has 1 fully saturated rings. The highest BCUT2D eigenvalue weighted by molar-refractivity contribution is 5.93. The third kappa shape index (κ3) is 5.52. The number of H-pyrrole nitrogens is 1. The van der Waals surface area contributed by atoms with Crippen LogP contribution in [0.5, 0.6) is 5.75 Å². The molecule has 1 aliphatic heterocycles. The Balaban J connectivity index is 1.28. The van der Waals surface area contributed by atoms with Crippen LogP contribution in [-0.4, -0.2) is 47.9 Å². The molecule has 3 heterocycles. The van der Waals surface area contributed by atoms with Crippen LogP contribution >= 0.6 is 0 Å². The van der Waals surface area contributed by atoms with Crippen molar-refractivity contribution in [3.8, 4) is 17.2 Å². The fraction of sp³-hybridized carbons (Fsp3) is 0.318. The standard InChI is InChI=1S/C22H24N4O5/c27-21(23-13-16-6-3-9-29-16)14-31-19-7-2-1-5-15(19)12-24-22(28)18-11-17(25-26-18)20-8-4-10-30-20/h1-2,4-5,7-8,10-11,16H,3,6,9,12-14H2,(H,23,27)(H,24,28)(H,25,26)/t16-/m0/s1. The number of para-hydroxylation sites is 1. The third-order valence-electron chi connectivity index (χ3n) is 4.92. The molecular formula is C22H24N4O5. The SMILES string of the molecule is O=C(COc1ccccc1CNC(=O)c1cc(-c2ccco2)[nH]n1)NC[C@@H]1CCCO1. The first-order chi connectivity index (χ1) is 15.2. The topological polar surface area (TPSA) is 118 Å². The zero-order chi connectivity index (χ0) is 21.5. The van der Waals surface area contributed by atoms with Crippen LogP contribution in [-0.2, 0) is 16.1 Å². The lowest BCUT2D eigenvalue weighted by atomic mass is 10.2. The van der Waals surface area contributed by atoms with Gasteiger partial charge in [0.1, 0.15) is 11.4 Å². The quantitative estimate of drug-likeness (QED) is 0.485. The van der Waals surface area contributed by atoms with Crippen LogP contribution in [0.15, 0.2) is 53.1 Å². The van der Waals surface area contributed by atoms with Gasteiger partial charge in [-0.05, 0) is 31.0 Å². The molecule has 0 radical (unpaired) electrons. The van der Waals surface area contributed by atoms with Gasteiger partial charge in [-0.1, -0.05) is 18.2 Å². The Kier molecular flexibility index (Phi) is 6.63. The molecule has 0 aliphatic carbocycles. The maximum Gasteiger partial charge on any atom is 0.272 e. The van der Waals surface area contributed by atoms with Gasteiger partial charge in [-0.3, -0.25) is 14.7 Å². The molecule has 2 amide bonds. The van der Waals surface area contributed by atoms with Gasteiger partial charge in [0.25, 0.3) is 11.8 Å². The second kappa shape index (κ2) is 9.94. The molecule has 3 aromatic rings. The average Bonchev–Trinajstić information content (AvgIpc) is 3.57. The van der Waals surface area contributed by atoms with Crippen molar-refractivity contribution >= 4 is 11.8 Å². The van der Waals surface area contributed by atoms with Crippen molar-refractivity contribution in [3.05, 3.63) is 60.0 Å². The maximum absolute atomic E-state index is 12.4. The van der Waals surface area contributed by atoms with Gasteiger partial charge in [-0.15, -0.1) is 0 Å². The number of rotatable bonds is 9. The van der Waals surface area contributed by atoms with E-state index >= 15 is 0 Å². The molecule has 1 aliphatic rings. The van der Waals surface area contributed by atoms with E-state index in [0.717, 1.165) is 25.0 Å². The Morgan fingerprint density at radius 3 is 2.90 bits per heavy atom. The number of carbonyl (C=O) groups is 2. The molecular weight excluding hydrogens is 400 g/mol. The van der Waals surface area contributed by atoms with E-state index in [1.54, 1.807) is 30.5 Å². The number of nitrogens with zero attached hydrogens (tertiary/aromatic N) is 1. The molecule has 31 heavy (non-hydrogen) atoms. The fourth-order valence-electron chi connectivity index (χ4n) is 3.28. The largest absolute Gasteiger partial charge is 0.483 e. The lowest BCUT2D eigenvalue weighted by Crippen LogP contribution is -2.35. The average molecular weight is 424 g/mol. The van der Waals surface area contributed by atoms with Crippen LogP contribution < -0.4 is 15.4 Å². The van der Waals surface area contributed by atoms with E-state index < -0.39 is 0 Å². The van der Waals surface area contributed by atoms with Crippen molar-refractivity contribution in [1.29, 1.82) is 0 Å². The summed E-state index contributed by atoms with van der Waals surface area (Å²) in [4.78, 5) is 24.5. The zero-order valence-corrected chi connectivity index (χ0v) is 16.9. The summed E-state index contributed by atoms with van der Waals surface area (Å²) < 4.78 is 16.4. The molecule has 1 aromatic carbocycles. The third-order valence-corrected chi connectivity index (χ3v) is 4.92.